The van der Waals surface area contributed by atoms with Crippen LogP contribution in [-0.4, -0.2) is 29.6 Å². The monoisotopic (exact) mass is 483 g/mol. The van der Waals surface area contributed by atoms with E-state index >= 15 is 0 Å². The first-order valence-corrected chi connectivity index (χ1v) is 11.7. The van der Waals surface area contributed by atoms with Crippen LogP contribution in [0.15, 0.2) is 57.7 Å². The van der Waals surface area contributed by atoms with E-state index in [0.29, 0.717) is 46.9 Å². The van der Waals surface area contributed by atoms with Crippen LogP contribution in [0.25, 0.3) is 22.1 Å². The number of carbonyl (C=O) groups is 2. The minimum Gasteiger partial charge on any atom is -0.481 e. The Morgan fingerprint density at radius 3 is 2.50 bits per heavy atom. The van der Waals surface area contributed by atoms with Crippen LogP contribution in [0.5, 0.6) is 5.75 Å². The van der Waals surface area contributed by atoms with Gasteiger partial charge in [-0.15, -0.1) is 0 Å². The molecule has 1 amide bonds. The maximum absolute atomic E-state index is 12.5. The van der Waals surface area contributed by atoms with E-state index in [1.165, 1.54) is 0 Å². The molecule has 2 N–H and O–H groups in total. The molecule has 1 aliphatic rings. The van der Waals surface area contributed by atoms with Crippen molar-refractivity contribution in [3.05, 3.63) is 64.0 Å². The molecule has 0 radical (unpaired) electrons. The number of fused-ring (bicyclic) bond motifs is 1. The molecule has 1 aliphatic carbocycles. The third-order valence-electron chi connectivity index (χ3n) is 6.31. The van der Waals surface area contributed by atoms with E-state index in [4.69, 9.17) is 25.9 Å². The molecule has 0 saturated heterocycles. The highest BCUT2D eigenvalue weighted by Gasteiger charge is 2.26. The Balaban J connectivity index is 1.37. The summed E-state index contributed by atoms with van der Waals surface area (Å²) in [5, 5.41) is 13.3. The van der Waals surface area contributed by atoms with Gasteiger partial charge in [0.05, 0.1) is 11.5 Å². The number of hydrogen-bond acceptors (Lipinski definition) is 5. The van der Waals surface area contributed by atoms with E-state index < -0.39 is 17.7 Å². The summed E-state index contributed by atoms with van der Waals surface area (Å²) in [4.78, 5) is 36.1. The lowest BCUT2D eigenvalue weighted by Crippen LogP contribution is -2.39. The van der Waals surface area contributed by atoms with Gasteiger partial charge in [0, 0.05) is 23.0 Å². The SMILES string of the molecule is C[C@@H](Oc1ccc2cc(-c3ccc(Cl)cc3)c(=O)oc2c1)C(=O)NCC1CCC(C(=O)O)CC1. The number of rotatable bonds is 7. The standard InChI is InChI=1S/C26H26ClNO6/c1-15(24(29)28-14-16-2-4-18(5-3-16)25(30)31)33-21-11-8-19-12-22(26(32)34-23(19)13-21)17-6-9-20(27)10-7-17/h6-13,15-16,18H,2-5,14H2,1H3,(H,28,29)(H,30,31)/t15-,16?,18?/m1/s1. The van der Waals surface area contributed by atoms with Gasteiger partial charge in [-0.05, 0) is 74.4 Å². The molecule has 7 nitrogen and oxygen atoms in total. The van der Waals surface area contributed by atoms with Crippen LogP contribution >= 0.6 is 11.6 Å². The number of carbonyl (C=O) groups excluding carboxylic acids is 1. The highest BCUT2D eigenvalue weighted by atomic mass is 35.5. The molecule has 0 unspecified atom stereocenters. The number of carboxylic acids is 1. The maximum atomic E-state index is 12.5. The molecule has 1 atom stereocenters. The quantitative estimate of drug-likeness (QED) is 0.463. The van der Waals surface area contributed by atoms with E-state index in [9.17, 15) is 14.4 Å². The second kappa shape index (κ2) is 10.3. The smallest absolute Gasteiger partial charge is 0.344 e. The minimum atomic E-state index is -0.743. The molecular weight excluding hydrogens is 458 g/mol. The van der Waals surface area contributed by atoms with Crippen LogP contribution in [0.1, 0.15) is 32.6 Å². The van der Waals surface area contributed by atoms with Crippen LogP contribution < -0.4 is 15.7 Å². The Kier molecular flexibility index (Phi) is 7.22. The van der Waals surface area contributed by atoms with Crippen molar-refractivity contribution < 1.29 is 23.8 Å². The third-order valence-corrected chi connectivity index (χ3v) is 6.56. The van der Waals surface area contributed by atoms with Crippen LogP contribution in [0, 0.1) is 11.8 Å². The Bertz CT molecular complexity index is 1240. The summed E-state index contributed by atoms with van der Waals surface area (Å²) >= 11 is 5.93. The minimum absolute atomic E-state index is 0.250. The van der Waals surface area contributed by atoms with Gasteiger partial charge in [0.25, 0.3) is 5.91 Å². The van der Waals surface area contributed by atoms with E-state index in [1.807, 2.05) is 0 Å². The van der Waals surface area contributed by atoms with Crippen molar-refractivity contribution in [2.24, 2.45) is 11.8 Å². The fraction of sp³-hybridized carbons (Fsp3) is 0.346. The van der Waals surface area contributed by atoms with Crippen molar-refractivity contribution in [2.45, 2.75) is 38.7 Å². The van der Waals surface area contributed by atoms with Gasteiger partial charge >= 0.3 is 11.6 Å². The largest absolute Gasteiger partial charge is 0.481 e. The number of benzene rings is 2. The van der Waals surface area contributed by atoms with Gasteiger partial charge in [0.2, 0.25) is 0 Å². The number of nitrogens with one attached hydrogen (secondary N) is 1. The number of aliphatic carboxylic acids is 1. The molecule has 1 saturated carbocycles. The van der Waals surface area contributed by atoms with E-state index in [-0.39, 0.29) is 17.7 Å². The van der Waals surface area contributed by atoms with Gasteiger partial charge in [0.15, 0.2) is 6.10 Å². The van der Waals surface area contributed by atoms with Crippen molar-refractivity contribution in [3.8, 4) is 16.9 Å². The summed E-state index contributed by atoms with van der Waals surface area (Å²) in [6.45, 7) is 2.15. The molecule has 34 heavy (non-hydrogen) atoms. The highest BCUT2D eigenvalue weighted by molar-refractivity contribution is 6.30. The summed E-state index contributed by atoms with van der Waals surface area (Å²) < 4.78 is 11.3. The fourth-order valence-corrected chi connectivity index (χ4v) is 4.38. The zero-order chi connectivity index (χ0) is 24.2. The predicted molar refractivity (Wildman–Crippen MR) is 129 cm³/mol. The van der Waals surface area contributed by atoms with Crippen LogP contribution in [-0.2, 0) is 9.59 Å². The van der Waals surface area contributed by atoms with Crippen LogP contribution in [0.3, 0.4) is 0 Å². The molecule has 3 aromatic rings. The first-order chi connectivity index (χ1) is 16.3. The molecule has 8 heteroatoms. The fourth-order valence-electron chi connectivity index (χ4n) is 4.26. The average molecular weight is 484 g/mol. The van der Waals surface area contributed by atoms with Crippen molar-refractivity contribution in [1.82, 2.24) is 5.32 Å². The second-order valence-electron chi connectivity index (χ2n) is 8.72. The Morgan fingerprint density at radius 1 is 1.12 bits per heavy atom. The third kappa shape index (κ3) is 5.59. The molecule has 1 heterocycles. The second-order valence-corrected chi connectivity index (χ2v) is 9.15. The molecular formula is C26H26ClNO6. The van der Waals surface area contributed by atoms with Crippen LogP contribution in [0.2, 0.25) is 5.02 Å². The lowest BCUT2D eigenvalue weighted by molar-refractivity contribution is -0.143. The Labute approximate surface area is 201 Å². The van der Waals surface area contributed by atoms with Crippen LogP contribution in [0.4, 0.5) is 0 Å². The molecule has 0 bridgehead atoms. The average Bonchev–Trinajstić information content (AvgIpc) is 2.83. The number of hydrogen-bond donors (Lipinski definition) is 2. The van der Waals surface area contributed by atoms with E-state index in [1.54, 1.807) is 55.5 Å². The van der Waals surface area contributed by atoms with Crippen molar-refractivity contribution >= 4 is 34.4 Å². The van der Waals surface area contributed by atoms with Gasteiger partial charge in [0.1, 0.15) is 11.3 Å². The highest BCUT2D eigenvalue weighted by Crippen LogP contribution is 2.29. The first-order valence-electron chi connectivity index (χ1n) is 11.3. The molecule has 1 aromatic heterocycles. The van der Waals surface area contributed by atoms with Gasteiger partial charge in [-0.2, -0.15) is 0 Å². The lowest BCUT2D eigenvalue weighted by Gasteiger charge is -2.26. The predicted octanol–water partition coefficient (Wildman–Crippen LogP) is 4.89. The topological polar surface area (TPSA) is 106 Å². The van der Waals surface area contributed by atoms with Crippen molar-refractivity contribution in [2.75, 3.05) is 6.54 Å². The number of carboxylic acid groups (broad SMARTS) is 1. The maximum Gasteiger partial charge on any atom is 0.344 e. The molecule has 4 rings (SSSR count). The zero-order valence-electron chi connectivity index (χ0n) is 18.8. The lowest BCUT2D eigenvalue weighted by atomic mass is 9.82. The molecule has 178 valence electrons. The molecule has 0 spiro atoms. The van der Waals surface area contributed by atoms with Gasteiger partial charge < -0.3 is 19.6 Å². The zero-order valence-corrected chi connectivity index (χ0v) is 19.5. The summed E-state index contributed by atoms with van der Waals surface area (Å²) in [6, 6.07) is 13.8. The van der Waals surface area contributed by atoms with Crippen molar-refractivity contribution in [3.63, 3.8) is 0 Å². The Morgan fingerprint density at radius 2 is 1.82 bits per heavy atom. The van der Waals surface area contributed by atoms with Gasteiger partial charge in [-0.25, -0.2) is 4.79 Å². The Hall–Kier alpha value is -3.32. The number of halogens is 1. The van der Waals surface area contributed by atoms with Gasteiger partial charge in [-0.1, -0.05) is 23.7 Å². The van der Waals surface area contributed by atoms with E-state index in [0.717, 1.165) is 18.2 Å². The molecule has 0 aliphatic heterocycles. The molecule has 1 fully saturated rings. The number of amides is 1. The number of ether oxygens (including phenoxy) is 1. The van der Waals surface area contributed by atoms with Crippen molar-refractivity contribution in [1.29, 1.82) is 0 Å². The summed E-state index contributed by atoms with van der Waals surface area (Å²) in [5.41, 5.74) is 1.03. The molecule has 2 aromatic carbocycles. The summed E-state index contributed by atoms with van der Waals surface area (Å²) in [5.74, 6) is -0.572. The summed E-state index contributed by atoms with van der Waals surface area (Å²) in [7, 11) is 0. The summed E-state index contributed by atoms with van der Waals surface area (Å²) in [6.07, 6.45) is 2.11. The van der Waals surface area contributed by atoms with E-state index in [2.05, 4.69) is 5.32 Å². The normalized spacial score (nSPS) is 18.9. The first kappa shape index (κ1) is 23.8. The van der Waals surface area contributed by atoms with Gasteiger partial charge in [-0.3, -0.25) is 9.59 Å².